The topological polar surface area (TPSA) is 32.3 Å². The Bertz CT molecular complexity index is 497. The zero-order valence-corrected chi connectivity index (χ0v) is 14.2. The van der Waals surface area contributed by atoms with E-state index in [1.54, 1.807) is 0 Å². The van der Waals surface area contributed by atoms with Crippen LogP contribution in [-0.2, 0) is 11.6 Å². The second-order valence-electron chi connectivity index (χ2n) is 7.01. The Morgan fingerprint density at radius 3 is 2.13 bits per heavy atom. The molecule has 0 saturated carbocycles. The van der Waals surface area contributed by atoms with Crippen molar-refractivity contribution in [3.63, 3.8) is 0 Å². The molecule has 0 N–H and O–H groups in total. The van der Waals surface area contributed by atoms with Crippen molar-refractivity contribution in [3.05, 3.63) is 17.6 Å². The highest BCUT2D eigenvalue weighted by Crippen LogP contribution is 2.32. The average molecular weight is 330 g/mol. The molecule has 2 heterocycles. The first-order chi connectivity index (χ1) is 10.6. The summed E-state index contributed by atoms with van der Waals surface area (Å²) in [5.41, 5.74) is -1.39. The molecule has 1 aromatic heterocycles. The molecule has 0 spiro atoms. The van der Waals surface area contributed by atoms with Crippen molar-refractivity contribution in [1.29, 1.82) is 0 Å². The Hall–Kier alpha value is -1.37. The lowest BCUT2D eigenvalue weighted by atomic mass is 9.95. The molecular weight excluding hydrogens is 305 g/mol. The molecule has 1 aliphatic heterocycles. The lowest BCUT2D eigenvalue weighted by molar-refractivity contribution is -0.141. The number of alkyl halides is 3. The summed E-state index contributed by atoms with van der Waals surface area (Å²) in [4.78, 5) is 12.4. The fourth-order valence-corrected chi connectivity index (χ4v) is 2.59. The fourth-order valence-electron chi connectivity index (χ4n) is 2.59. The quantitative estimate of drug-likeness (QED) is 0.851. The molecule has 1 fully saturated rings. The summed E-state index contributed by atoms with van der Waals surface area (Å²) in [5.74, 6) is 0.617. The van der Waals surface area contributed by atoms with Gasteiger partial charge >= 0.3 is 6.18 Å². The summed E-state index contributed by atoms with van der Waals surface area (Å²) in [6.07, 6.45) is -3.37. The van der Waals surface area contributed by atoms with Gasteiger partial charge in [-0.25, -0.2) is 9.97 Å². The summed E-state index contributed by atoms with van der Waals surface area (Å²) < 4.78 is 39.4. The van der Waals surface area contributed by atoms with Crippen molar-refractivity contribution in [2.24, 2.45) is 0 Å². The molecule has 1 aromatic rings. The van der Waals surface area contributed by atoms with Crippen LogP contribution in [0.5, 0.6) is 0 Å². The van der Waals surface area contributed by atoms with E-state index in [0.29, 0.717) is 18.9 Å². The molecule has 7 heteroatoms. The highest BCUT2D eigenvalue weighted by atomic mass is 19.4. The van der Waals surface area contributed by atoms with Crippen LogP contribution in [0.2, 0.25) is 0 Å². The first-order valence-corrected chi connectivity index (χ1v) is 8.05. The summed E-state index contributed by atoms with van der Waals surface area (Å²) in [6, 6.07) is 1.07. The van der Waals surface area contributed by atoms with Crippen LogP contribution in [0.3, 0.4) is 0 Å². The molecule has 0 aromatic carbocycles. The Morgan fingerprint density at radius 1 is 1.04 bits per heavy atom. The fraction of sp³-hybridized carbons (Fsp3) is 0.750. The van der Waals surface area contributed by atoms with E-state index in [1.807, 2.05) is 25.7 Å². The molecule has 1 saturated heterocycles. The number of halogens is 3. The van der Waals surface area contributed by atoms with Crippen LogP contribution in [0.15, 0.2) is 6.07 Å². The van der Waals surface area contributed by atoms with E-state index in [1.165, 1.54) is 0 Å². The van der Waals surface area contributed by atoms with Crippen LogP contribution < -0.4 is 4.90 Å². The van der Waals surface area contributed by atoms with Crippen molar-refractivity contribution in [3.8, 4) is 0 Å². The van der Waals surface area contributed by atoms with Gasteiger partial charge in [0.15, 0.2) is 0 Å². The molecule has 0 atom stereocenters. The van der Waals surface area contributed by atoms with Crippen LogP contribution >= 0.6 is 0 Å². The van der Waals surface area contributed by atoms with E-state index in [9.17, 15) is 13.2 Å². The van der Waals surface area contributed by atoms with Gasteiger partial charge in [0.2, 0.25) is 0 Å². The number of hydrogen-bond acceptors (Lipinski definition) is 4. The SMILES string of the molecule is CCCN1CCN(c2cc(C(F)(F)F)nc(C(C)(C)C)n2)CC1. The van der Waals surface area contributed by atoms with Gasteiger partial charge in [-0.3, -0.25) is 4.90 Å². The average Bonchev–Trinajstić information content (AvgIpc) is 2.46. The first-order valence-electron chi connectivity index (χ1n) is 8.05. The van der Waals surface area contributed by atoms with Gasteiger partial charge in [0.1, 0.15) is 17.3 Å². The zero-order chi connectivity index (χ0) is 17.3. The monoisotopic (exact) mass is 330 g/mol. The summed E-state index contributed by atoms with van der Waals surface area (Å²) in [6.45, 7) is 11.7. The van der Waals surface area contributed by atoms with E-state index in [4.69, 9.17) is 0 Å². The summed E-state index contributed by atoms with van der Waals surface area (Å²) in [5, 5.41) is 0. The van der Waals surface area contributed by atoms with Gasteiger partial charge in [-0.15, -0.1) is 0 Å². The molecule has 130 valence electrons. The van der Waals surface area contributed by atoms with Crippen molar-refractivity contribution >= 4 is 5.82 Å². The van der Waals surface area contributed by atoms with Crippen LogP contribution in [0.4, 0.5) is 19.0 Å². The number of piperazine rings is 1. The smallest absolute Gasteiger partial charge is 0.354 e. The van der Waals surface area contributed by atoms with Crippen molar-refractivity contribution in [2.45, 2.75) is 45.7 Å². The van der Waals surface area contributed by atoms with Gasteiger partial charge in [-0.1, -0.05) is 27.7 Å². The maximum Gasteiger partial charge on any atom is 0.433 e. The second kappa shape index (κ2) is 6.63. The minimum Gasteiger partial charge on any atom is -0.354 e. The van der Waals surface area contributed by atoms with Crippen molar-refractivity contribution in [1.82, 2.24) is 14.9 Å². The van der Waals surface area contributed by atoms with Gasteiger partial charge in [-0.2, -0.15) is 13.2 Å². The normalized spacial score (nSPS) is 17.6. The molecule has 0 aliphatic carbocycles. The number of nitrogens with zero attached hydrogens (tertiary/aromatic N) is 4. The van der Waals surface area contributed by atoms with Gasteiger partial charge < -0.3 is 4.90 Å². The van der Waals surface area contributed by atoms with E-state index in [0.717, 1.165) is 32.1 Å². The van der Waals surface area contributed by atoms with E-state index < -0.39 is 17.3 Å². The standard InChI is InChI=1S/C16H25F3N4/c1-5-6-22-7-9-23(10-8-22)13-11-12(16(17,18)19)20-14(21-13)15(2,3)4/h11H,5-10H2,1-4H3. The second-order valence-corrected chi connectivity index (χ2v) is 7.01. The first kappa shape index (κ1) is 18.0. The number of rotatable bonds is 3. The molecule has 0 bridgehead atoms. The van der Waals surface area contributed by atoms with Crippen LogP contribution in [0.25, 0.3) is 0 Å². The molecule has 4 nitrogen and oxygen atoms in total. The highest BCUT2D eigenvalue weighted by Gasteiger charge is 2.35. The third-order valence-corrected chi connectivity index (χ3v) is 3.91. The summed E-state index contributed by atoms with van der Waals surface area (Å²) in [7, 11) is 0. The Kier molecular flexibility index (Phi) is 5.18. The zero-order valence-electron chi connectivity index (χ0n) is 14.2. The predicted octanol–water partition coefficient (Wildman–Crippen LogP) is 3.32. The van der Waals surface area contributed by atoms with Gasteiger partial charge in [0.25, 0.3) is 0 Å². The molecule has 2 rings (SSSR count). The Balaban J connectivity index is 2.28. The molecule has 23 heavy (non-hydrogen) atoms. The lowest BCUT2D eigenvalue weighted by Gasteiger charge is -2.35. The third kappa shape index (κ3) is 4.56. The van der Waals surface area contributed by atoms with Crippen molar-refractivity contribution in [2.75, 3.05) is 37.6 Å². The van der Waals surface area contributed by atoms with Crippen LogP contribution in [0.1, 0.15) is 45.6 Å². The molecule has 0 radical (unpaired) electrons. The molecule has 0 unspecified atom stereocenters. The maximum atomic E-state index is 13.1. The largest absolute Gasteiger partial charge is 0.433 e. The number of aromatic nitrogens is 2. The van der Waals surface area contributed by atoms with Crippen molar-refractivity contribution < 1.29 is 13.2 Å². The summed E-state index contributed by atoms with van der Waals surface area (Å²) >= 11 is 0. The lowest BCUT2D eigenvalue weighted by Crippen LogP contribution is -2.47. The van der Waals surface area contributed by atoms with Gasteiger partial charge in [0, 0.05) is 37.7 Å². The van der Waals surface area contributed by atoms with Gasteiger partial charge in [-0.05, 0) is 13.0 Å². The number of anilines is 1. The molecule has 1 aliphatic rings. The Morgan fingerprint density at radius 2 is 1.65 bits per heavy atom. The molecular formula is C16H25F3N4. The highest BCUT2D eigenvalue weighted by molar-refractivity contribution is 5.42. The third-order valence-electron chi connectivity index (χ3n) is 3.91. The van der Waals surface area contributed by atoms with Gasteiger partial charge in [0.05, 0.1) is 0 Å². The van der Waals surface area contributed by atoms with E-state index in [-0.39, 0.29) is 5.82 Å². The Labute approximate surface area is 135 Å². The number of hydrogen-bond donors (Lipinski definition) is 0. The van der Waals surface area contributed by atoms with E-state index in [2.05, 4.69) is 21.8 Å². The van der Waals surface area contributed by atoms with Crippen LogP contribution in [-0.4, -0.2) is 47.6 Å². The minimum atomic E-state index is -4.46. The van der Waals surface area contributed by atoms with Crippen LogP contribution in [0, 0.1) is 0 Å². The predicted molar refractivity (Wildman–Crippen MR) is 84.7 cm³/mol. The minimum absolute atomic E-state index is 0.235. The maximum absolute atomic E-state index is 13.1. The molecule has 0 amide bonds. The van der Waals surface area contributed by atoms with E-state index >= 15 is 0 Å².